The lowest BCUT2D eigenvalue weighted by atomic mass is 10.1. The van der Waals surface area contributed by atoms with Gasteiger partial charge in [-0.15, -0.1) is 0 Å². The second kappa shape index (κ2) is 6.01. The van der Waals surface area contributed by atoms with Gasteiger partial charge < -0.3 is 4.90 Å². The Hall–Kier alpha value is -2.09. The van der Waals surface area contributed by atoms with Crippen molar-refractivity contribution in [2.75, 3.05) is 11.4 Å². The van der Waals surface area contributed by atoms with Crippen molar-refractivity contribution in [3.05, 3.63) is 33.9 Å². The van der Waals surface area contributed by atoms with E-state index in [-0.39, 0.29) is 17.3 Å². The zero-order valence-electron chi connectivity index (χ0n) is 10.9. The van der Waals surface area contributed by atoms with Gasteiger partial charge in [0, 0.05) is 24.3 Å². The first-order valence-corrected chi connectivity index (χ1v) is 5.96. The summed E-state index contributed by atoms with van der Waals surface area (Å²) in [5, 5.41) is 19.8. The van der Waals surface area contributed by atoms with Crippen LogP contribution in [0.15, 0.2) is 18.2 Å². The zero-order chi connectivity index (χ0) is 13.7. The molecule has 0 N–H and O–H groups in total. The molecule has 0 aliphatic rings. The minimum atomic E-state index is -0.507. The lowest BCUT2D eigenvalue weighted by Gasteiger charge is -2.28. The number of nitriles is 1. The van der Waals surface area contributed by atoms with Gasteiger partial charge in [-0.2, -0.15) is 5.26 Å². The van der Waals surface area contributed by atoms with Crippen LogP contribution in [0.3, 0.4) is 0 Å². The van der Waals surface area contributed by atoms with E-state index < -0.39 is 4.92 Å². The van der Waals surface area contributed by atoms with Gasteiger partial charge in [0.2, 0.25) is 0 Å². The van der Waals surface area contributed by atoms with E-state index in [4.69, 9.17) is 5.26 Å². The fraction of sp³-hybridized carbons (Fsp3) is 0.462. The summed E-state index contributed by atoms with van der Waals surface area (Å²) in [5.41, 5.74) is 0.762. The molecule has 0 radical (unpaired) electrons. The first-order valence-electron chi connectivity index (χ1n) is 5.96. The monoisotopic (exact) mass is 247 g/mol. The molecule has 96 valence electrons. The van der Waals surface area contributed by atoms with Crippen molar-refractivity contribution in [2.24, 2.45) is 0 Å². The van der Waals surface area contributed by atoms with Crippen LogP contribution in [0.4, 0.5) is 11.4 Å². The molecule has 0 atom stereocenters. The van der Waals surface area contributed by atoms with Crippen molar-refractivity contribution in [1.82, 2.24) is 0 Å². The summed E-state index contributed by atoms with van der Waals surface area (Å²) < 4.78 is 0. The molecule has 0 spiro atoms. The standard InChI is InChI=1S/C13H17N3O2/c1-4-7-15(10(2)3)12-6-5-11(9-14)13(8-12)16(17)18/h5-6,8,10H,4,7H2,1-3H3. The van der Waals surface area contributed by atoms with E-state index in [1.807, 2.05) is 19.9 Å². The molecule has 1 aromatic carbocycles. The highest BCUT2D eigenvalue weighted by molar-refractivity contribution is 5.60. The summed E-state index contributed by atoms with van der Waals surface area (Å²) in [6, 6.07) is 6.86. The Bertz CT molecular complexity index is 478. The molecule has 5 nitrogen and oxygen atoms in total. The number of nitro groups is 1. The van der Waals surface area contributed by atoms with Gasteiger partial charge in [-0.1, -0.05) is 6.92 Å². The summed E-state index contributed by atoms with van der Waals surface area (Å²) in [5.74, 6) is 0. The average Bonchev–Trinajstić information content (AvgIpc) is 2.34. The highest BCUT2D eigenvalue weighted by atomic mass is 16.6. The highest BCUT2D eigenvalue weighted by Gasteiger charge is 2.18. The number of hydrogen-bond acceptors (Lipinski definition) is 4. The van der Waals surface area contributed by atoms with Gasteiger partial charge in [0.15, 0.2) is 0 Å². The van der Waals surface area contributed by atoms with Gasteiger partial charge in [0.25, 0.3) is 5.69 Å². The van der Waals surface area contributed by atoms with Crippen molar-refractivity contribution < 1.29 is 4.92 Å². The topological polar surface area (TPSA) is 70.2 Å². The number of hydrogen-bond donors (Lipinski definition) is 0. The smallest absolute Gasteiger partial charge is 0.289 e. The summed E-state index contributed by atoms with van der Waals surface area (Å²) in [7, 11) is 0. The van der Waals surface area contributed by atoms with Gasteiger partial charge in [-0.3, -0.25) is 10.1 Å². The van der Waals surface area contributed by atoms with Gasteiger partial charge in [-0.05, 0) is 32.4 Å². The second-order valence-corrected chi connectivity index (χ2v) is 4.36. The zero-order valence-corrected chi connectivity index (χ0v) is 10.9. The van der Waals surface area contributed by atoms with E-state index >= 15 is 0 Å². The van der Waals surface area contributed by atoms with E-state index in [1.54, 1.807) is 6.07 Å². The van der Waals surface area contributed by atoms with E-state index in [9.17, 15) is 10.1 Å². The number of anilines is 1. The van der Waals surface area contributed by atoms with E-state index in [0.717, 1.165) is 18.7 Å². The van der Waals surface area contributed by atoms with Crippen molar-refractivity contribution in [1.29, 1.82) is 5.26 Å². The van der Waals surface area contributed by atoms with Crippen molar-refractivity contribution >= 4 is 11.4 Å². The number of benzene rings is 1. The Morgan fingerprint density at radius 2 is 2.17 bits per heavy atom. The van der Waals surface area contributed by atoms with Crippen molar-refractivity contribution in [2.45, 2.75) is 33.2 Å². The molecule has 0 unspecified atom stereocenters. The third-order valence-corrected chi connectivity index (χ3v) is 2.72. The van der Waals surface area contributed by atoms with E-state index in [0.29, 0.717) is 0 Å². The molecule has 5 heteroatoms. The van der Waals surface area contributed by atoms with Crippen LogP contribution in [0.25, 0.3) is 0 Å². The summed E-state index contributed by atoms with van der Waals surface area (Å²) in [6.45, 7) is 6.98. The largest absolute Gasteiger partial charge is 0.369 e. The normalized spacial score (nSPS) is 10.2. The maximum absolute atomic E-state index is 10.9. The molecule has 0 fully saturated rings. The van der Waals surface area contributed by atoms with Crippen LogP contribution >= 0.6 is 0 Å². The molecule has 1 aromatic rings. The first kappa shape index (κ1) is 14.0. The van der Waals surface area contributed by atoms with Crippen LogP contribution in [0.5, 0.6) is 0 Å². The van der Waals surface area contributed by atoms with Crippen LogP contribution in [0, 0.1) is 21.4 Å². The summed E-state index contributed by atoms with van der Waals surface area (Å²) in [4.78, 5) is 12.5. The molecule has 18 heavy (non-hydrogen) atoms. The number of nitrogens with zero attached hydrogens (tertiary/aromatic N) is 3. The van der Waals surface area contributed by atoms with Crippen molar-refractivity contribution in [3.63, 3.8) is 0 Å². The molecule has 0 amide bonds. The fourth-order valence-corrected chi connectivity index (χ4v) is 1.87. The lowest BCUT2D eigenvalue weighted by molar-refractivity contribution is -0.385. The quantitative estimate of drug-likeness (QED) is 0.592. The second-order valence-electron chi connectivity index (χ2n) is 4.36. The van der Waals surface area contributed by atoms with Crippen LogP contribution in [-0.2, 0) is 0 Å². The lowest BCUT2D eigenvalue weighted by Crippen LogP contribution is -2.31. The molecule has 0 aromatic heterocycles. The summed E-state index contributed by atoms with van der Waals surface area (Å²) >= 11 is 0. The van der Waals surface area contributed by atoms with Gasteiger partial charge in [0.1, 0.15) is 11.6 Å². The molecular formula is C13H17N3O2. The van der Waals surface area contributed by atoms with Gasteiger partial charge >= 0.3 is 0 Å². The highest BCUT2D eigenvalue weighted by Crippen LogP contribution is 2.26. The molecule has 0 aliphatic carbocycles. The Balaban J connectivity index is 3.22. The predicted molar refractivity (Wildman–Crippen MR) is 70.6 cm³/mol. The Kier molecular flexibility index (Phi) is 4.67. The first-order chi connectivity index (χ1) is 8.51. The van der Waals surface area contributed by atoms with Gasteiger partial charge in [0.05, 0.1) is 4.92 Å². The van der Waals surface area contributed by atoms with E-state index in [2.05, 4.69) is 11.8 Å². The van der Waals surface area contributed by atoms with Crippen LogP contribution in [-0.4, -0.2) is 17.5 Å². The van der Waals surface area contributed by atoms with Crippen LogP contribution < -0.4 is 4.90 Å². The molecule has 0 saturated heterocycles. The molecule has 1 rings (SSSR count). The Morgan fingerprint density at radius 3 is 2.61 bits per heavy atom. The summed E-state index contributed by atoms with van der Waals surface area (Å²) in [6.07, 6.45) is 0.964. The van der Waals surface area contributed by atoms with E-state index in [1.165, 1.54) is 12.1 Å². The van der Waals surface area contributed by atoms with Crippen molar-refractivity contribution in [3.8, 4) is 6.07 Å². The molecule has 0 heterocycles. The fourth-order valence-electron chi connectivity index (χ4n) is 1.87. The van der Waals surface area contributed by atoms with Gasteiger partial charge in [-0.25, -0.2) is 0 Å². The Labute approximate surface area is 107 Å². The third kappa shape index (κ3) is 2.98. The maximum Gasteiger partial charge on any atom is 0.289 e. The minimum absolute atomic E-state index is 0.101. The predicted octanol–water partition coefficient (Wildman–Crippen LogP) is 3.09. The average molecular weight is 247 g/mol. The maximum atomic E-state index is 10.9. The number of nitro benzene ring substituents is 1. The SMILES string of the molecule is CCCN(c1ccc(C#N)c([N+](=O)[O-])c1)C(C)C. The molecule has 0 aliphatic heterocycles. The third-order valence-electron chi connectivity index (χ3n) is 2.72. The molecule has 0 bridgehead atoms. The van der Waals surface area contributed by atoms with Crippen LogP contribution in [0.1, 0.15) is 32.8 Å². The minimum Gasteiger partial charge on any atom is -0.369 e. The Morgan fingerprint density at radius 1 is 1.50 bits per heavy atom. The number of rotatable bonds is 5. The van der Waals surface area contributed by atoms with Crippen LogP contribution in [0.2, 0.25) is 0 Å². The molecular weight excluding hydrogens is 230 g/mol. The molecule has 0 saturated carbocycles.